The van der Waals surface area contributed by atoms with Crippen molar-refractivity contribution in [3.05, 3.63) is 64.0 Å². The lowest BCUT2D eigenvalue weighted by atomic mass is 10.1. The third-order valence-electron chi connectivity index (χ3n) is 3.13. The number of carbonyl (C=O) groups excluding carboxylic acids is 2. The van der Waals surface area contributed by atoms with Crippen molar-refractivity contribution in [3.8, 4) is 0 Å². The number of Topliss-reactive ketones (excluding diaryl/α,β-unsaturated/α-hetero) is 1. The fraction of sp³-hybridized carbons (Fsp3) is 0.0625. The van der Waals surface area contributed by atoms with Crippen molar-refractivity contribution in [1.82, 2.24) is 4.98 Å². The van der Waals surface area contributed by atoms with E-state index in [1.165, 1.54) is 30.7 Å². The summed E-state index contributed by atoms with van der Waals surface area (Å²) in [5, 5.41) is 0.632. The lowest BCUT2D eigenvalue weighted by Gasteiger charge is -2.06. The van der Waals surface area contributed by atoms with Gasteiger partial charge in [-0.2, -0.15) is 0 Å². The van der Waals surface area contributed by atoms with Gasteiger partial charge in [-0.1, -0.05) is 23.2 Å². The van der Waals surface area contributed by atoms with E-state index >= 15 is 0 Å². The highest BCUT2D eigenvalue weighted by Gasteiger charge is 2.15. The van der Waals surface area contributed by atoms with Crippen LogP contribution in [0.25, 0.3) is 11.1 Å². The fourth-order valence-corrected chi connectivity index (χ4v) is 2.51. The number of oxazole rings is 1. The van der Waals surface area contributed by atoms with Crippen LogP contribution in [0, 0.1) is 0 Å². The summed E-state index contributed by atoms with van der Waals surface area (Å²) in [5.74, 6) is -1.05. The molecule has 0 aliphatic rings. The van der Waals surface area contributed by atoms with Crippen LogP contribution in [-0.4, -0.2) is 23.3 Å². The Morgan fingerprint density at radius 3 is 2.74 bits per heavy atom. The van der Waals surface area contributed by atoms with Gasteiger partial charge < -0.3 is 9.15 Å². The SMILES string of the molecule is O=C(OCC(=O)c1ccc(Cl)cc1Cl)c1ccc2ocnc2c1. The Bertz CT molecular complexity index is 904. The lowest BCUT2D eigenvalue weighted by Crippen LogP contribution is -2.14. The molecule has 0 bridgehead atoms. The average Bonchev–Trinajstić information content (AvgIpc) is 2.99. The van der Waals surface area contributed by atoms with Crippen LogP contribution in [0.2, 0.25) is 10.0 Å². The number of nitrogens with zero attached hydrogens (tertiary/aromatic N) is 1. The Balaban J connectivity index is 1.69. The zero-order valence-corrected chi connectivity index (χ0v) is 13.1. The summed E-state index contributed by atoms with van der Waals surface area (Å²) in [6, 6.07) is 9.16. The first kappa shape index (κ1) is 15.5. The highest BCUT2D eigenvalue weighted by Crippen LogP contribution is 2.21. The first-order chi connectivity index (χ1) is 11.0. The van der Waals surface area contributed by atoms with Crippen LogP contribution in [0.3, 0.4) is 0 Å². The van der Waals surface area contributed by atoms with Gasteiger partial charge in [-0.3, -0.25) is 4.79 Å². The first-order valence-corrected chi connectivity index (χ1v) is 7.29. The molecule has 7 heteroatoms. The number of hydrogen-bond acceptors (Lipinski definition) is 5. The van der Waals surface area contributed by atoms with Crippen LogP contribution in [0.5, 0.6) is 0 Å². The maximum Gasteiger partial charge on any atom is 0.338 e. The number of esters is 1. The summed E-state index contributed by atoms with van der Waals surface area (Å²) in [6.07, 6.45) is 1.28. The Hall–Kier alpha value is -2.37. The summed E-state index contributed by atoms with van der Waals surface area (Å²) < 4.78 is 10.1. The first-order valence-electron chi connectivity index (χ1n) is 6.53. The van der Waals surface area contributed by atoms with Gasteiger partial charge in [0, 0.05) is 10.6 Å². The van der Waals surface area contributed by atoms with Gasteiger partial charge in [-0.25, -0.2) is 9.78 Å². The van der Waals surface area contributed by atoms with Gasteiger partial charge in [0.15, 0.2) is 18.6 Å². The molecule has 2 aromatic carbocycles. The number of carbonyl (C=O) groups is 2. The van der Waals surface area contributed by atoms with Gasteiger partial charge in [0.2, 0.25) is 5.78 Å². The molecule has 0 spiro atoms. The number of rotatable bonds is 4. The van der Waals surface area contributed by atoms with Crippen molar-refractivity contribution in [2.45, 2.75) is 0 Å². The molecule has 0 aliphatic heterocycles. The molecule has 0 atom stereocenters. The second-order valence-corrected chi connectivity index (χ2v) is 5.50. The average molecular weight is 350 g/mol. The molecule has 0 aliphatic carbocycles. The summed E-state index contributed by atoms with van der Waals surface area (Å²) >= 11 is 11.7. The highest BCUT2D eigenvalue weighted by molar-refractivity contribution is 6.36. The van der Waals surface area contributed by atoms with E-state index in [1.54, 1.807) is 12.1 Å². The van der Waals surface area contributed by atoms with E-state index in [4.69, 9.17) is 32.4 Å². The molecule has 0 radical (unpaired) electrons. The Morgan fingerprint density at radius 1 is 1.13 bits per heavy atom. The van der Waals surface area contributed by atoms with Crippen molar-refractivity contribution in [1.29, 1.82) is 0 Å². The normalized spacial score (nSPS) is 10.7. The van der Waals surface area contributed by atoms with Gasteiger partial charge in [0.25, 0.3) is 0 Å². The van der Waals surface area contributed by atoms with Crippen LogP contribution in [-0.2, 0) is 4.74 Å². The Morgan fingerprint density at radius 2 is 1.96 bits per heavy atom. The van der Waals surface area contributed by atoms with Gasteiger partial charge in [-0.15, -0.1) is 0 Å². The lowest BCUT2D eigenvalue weighted by molar-refractivity contribution is 0.0475. The fourth-order valence-electron chi connectivity index (χ4n) is 1.99. The van der Waals surface area contributed by atoms with Gasteiger partial charge in [0.05, 0.1) is 10.6 Å². The van der Waals surface area contributed by atoms with Gasteiger partial charge >= 0.3 is 5.97 Å². The van der Waals surface area contributed by atoms with E-state index in [9.17, 15) is 9.59 Å². The van der Waals surface area contributed by atoms with Crippen LogP contribution < -0.4 is 0 Å². The third kappa shape index (κ3) is 3.36. The Kier molecular flexibility index (Phi) is 4.32. The molecule has 1 heterocycles. The zero-order valence-electron chi connectivity index (χ0n) is 11.6. The molecule has 0 fully saturated rings. The largest absolute Gasteiger partial charge is 0.454 e. The minimum absolute atomic E-state index is 0.211. The molecular formula is C16H9Cl2NO4. The van der Waals surface area contributed by atoms with Crippen LogP contribution in [0.1, 0.15) is 20.7 Å². The molecule has 0 saturated carbocycles. The quantitative estimate of drug-likeness (QED) is 0.522. The number of halogens is 2. The van der Waals surface area contributed by atoms with Crippen molar-refractivity contribution >= 4 is 46.1 Å². The summed E-state index contributed by atoms with van der Waals surface area (Å²) in [7, 11) is 0. The topological polar surface area (TPSA) is 69.4 Å². The molecule has 0 saturated heterocycles. The number of ketones is 1. The minimum atomic E-state index is -0.631. The number of ether oxygens (including phenoxy) is 1. The number of hydrogen-bond donors (Lipinski definition) is 0. The van der Waals surface area contributed by atoms with Crippen molar-refractivity contribution < 1.29 is 18.7 Å². The second kappa shape index (κ2) is 6.40. The standard InChI is InChI=1S/C16H9Cl2NO4/c17-10-2-3-11(12(18)6-10)14(20)7-22-16(21)9-1-4-15-13(5-9)19-8-23-15/h1-6,8H,7H2. The molecule has 0 unspecified atom stereocenters. The van der Waals surface area contributed by atoms with E-state index in [0.29, 0.717) is 16.1 Å². The molecule has 5 nitrogen and oxygen atoms in total. The monoisotopic (exact) mass is 349 g/mol. The predicted octanol–water partition coefficient (Wildman–Crippen LogP) is 4.17. The molecule has 1 aromatic heterocycles. The van der Waals surface area contributed by atoms with E-state index < -0.39 is 18.4 Å². The maximum absolute atomic E-state index is 12.1. The third-order valence-corrected chi connectivity index (χ3v) is 3.68. The maximum atomic E-state index is 12.1. The van der Waals surface area contributed by atoms with Crippen LogP contribution in [0.15, 0.2) is 47.2 Å². The smallest absolute Gasteiger partial charge is 0.338 e. The molecule has 0 amide bonds. The zero-order chi connectivity index (χ0) is 16.4. The van der Waals surface area contributed by atoms with Gasteiger partial charge in [-0.05, 0) is 36.4 Å². The number of benzene rings is 2. The minimum Gasteiger partial charge on any atom is -0.454 e. The molecular weight excluding hydrogens is 341 g/mol. The molecule has 23 heavy (non-hydrogen) atoms. The van der Waals surface area contributed by atoms with Crippen LogP contribution in [0.4, 0.5) is 0 Å². The summed E-state index contributed by atoms with van der Waals surface area (Å²) in [4.78, 5) is 28.0. The molecule has 0 N–H and O–H groups in total. The van der Waals surface area contributed by atoms with E-state index in [1.807, 2.05) is 0 Å². The second-order valence-electron chi connectivity index (χ2n) is 4.66. The predicted molar refractivity (Wildman–Crippen MR) is 85.1 cm³/mol. The summed E-state index contributed by atoms with van der Waals surface area (Å²) in [6.45, 7) is -0.420. The number of fused-ring (bicyclic) bond motifs is 1. The van der Waals surface area contributed by atoms with Crippen molar-refractivity contribution in [3.63, 3.8) is 0 Å². The van der Waals surface area contributed by atoms with E-state index in [2.05, 4.69) is 4.98 Å². The Labute approximate surface area is 140 Å². The van der Waals surface area contributed by atoms with E-state index in [-0.39, 0.29) is 16.1 Å². The van der Waals surface area contributed by atoms with E-state index in [0.717, 1.165) is 0 Å². The van der Waals surface area contributed by atoms with Gasteiger partial charge in [0.1, 0.15) is 5.52 Å². The molecule has 3 rings (SSSR count). The highest BCUT2D eigenvalue weighted by atomic mass is 35.5. The molecule has 116 valence electrons. The van der Waals surface area contributed by atoms with Crippen molar-refractivity contribution in [2.75, 3.05) is 6.61 Å². The molecule has 3 aromatic rings. The van der Waals surface area contributed by atoms with Crippen LogP contribution >= 0.6 is 23.2 Å². The number of aromatic nitrogens is 1. The summed E-state index contributed by atoms with van der Waals surface area (Å²) in [5.41, 5.74) is 1.62. The van der Waals surface area contributed by atoms with Crippen molar-refractivity contribution in [2.24, 2.45) is 0 Å².